The normalized spacial score (nSPS) is 15.2. The van der Waals surface area contributed by atoms with Crippen molar-refractivity contribution in [3.8, 4) is 5.69 Å². The summed E-state index contributed by atoms with van der Waals surface area (Å²) in [6.45, 7) is 4.34. The van der Waals surface area contributed by atoms with E-state index >= 15 is 0 Å². The molecule has 1 aliphatic rings. The molecule has 0 fully saturated rings. The van der Waals surface area contributed by atoms with Gasteiger partial charge in [0.05, 0.1) is 16.8 Å². The summed E-state index contributed by atoms with van der Waals surface area (Å²) < 4.78 is 1.68. The topological polar surface area (TPSA) is 64.0 Å². The molecule has 0 saturated carbocycles. The molecule has 1 amide bonds. The van der Waals surface area contributed by atoms with Gasteiger partial charge in [0.1, 0.15) is 4.83 Å². The molecule has 7 heteroatoms. The number of thiophene rings is 1. The van der Waals surface area contributed by atoms with Crippen LogP contribution in [0.4, 0.5) is 5.69 Å². The van der Waals surface area contributed by atoms with E-state index in [1.165, 1.54) is 27.8 Å². The zero-order chi connectivity index (χ0) is 24.4. The van der Waals surface area contributed by atoms with Crippen LogP contribution in [-0.4, -0.2) is 21.2 Å². The third-order valence-corrected chi connectivity index (χ3v) is 8.81. The van der Waals surface area contributed by atoms with Gasteiger partial charge in [-0.25, -0.2) is 4.98 Å². The molecule has 180 valence electrons. The maximum absolute atomic E-state index is 13.8. The number of carbonyl (C=O) groups is 1. The number of amides is 1. The number of thioether (sulfide) groups is 1. The van der Waals surface area contributed by atoms with Gasteiger partial charge in [0.25, 0.3) is 5.56 Å². The summed E-state index contributed by atoms with van der Waals surface area (Å²) in [6, 6.07) is 17.5. The highest BCUT2D eigenvalue weighted by Gasteiger charge is 2.26. The second kappa shape index (κ2) is 10.4. The maximum atomic E-state index is 13.8. The van der Waals surface area contributed by atoms with Crippen molar-refractivity contribution in [3.63, 3.8) is 0 Å². The SMILES string of the molecule is CCc1ccc(NC(=O)CSc2nc3sc4c(c3c(=O)n2-c2ccccc2)CC[C@H](CC)C4)cc1. The van der Waals surface area contributed by atoms with Crippen LogP contribution in [0.5, 0.6) is 0 Å². The van der Waals surface area contributed by atoms with E-state index in [-0.39, 0.29) is 17.2 Å². The minimum atomic E-state index is -0.121. The van der Waals surface area contributed by atoms with Gasteiger partial charge in [-0.15, -0.1) is 11.3 Å². The molecule has 2 heterocycles. The Morgan fingerprint density at radius 1 is 1.14 bits per heavy atom. The van der Waals surface area contributed by atoms with Gasteiger partial charge in [0.2, 0.25) is 5.91 Å². The summed E-state index contributed by atoms with van der Waals surface area (Å²) in [4.78, 5) is 33.6. The Morgan fingerprint density at radius 3 is 2.63 bits per heavy atom. The van der Waals surface area contributed by atoms with Crippen molar-refractivity contribution in [2.45, 2.75) is 51.1 Å². The minimum absolute atomic E-state index is 0.0355. The summed E-state index contributed by atoms with van der Waals surface area (Å²) >= 11 is 2.96. The zero-order valence-corrected chi connectivity index (χ0v) is 21.7. The van der Waals surface area contributed by atoms with Crippen molar-refractivity contribution in [1.29, 1.82) is 0 Å². The first-order valence-electron chi connectivity index (χ1n) is 12.2. The van der Waals surface area contributed by atoms with E-state index in [9.17, 15) is 9.59 Å². The van der Waals surface area contributed by atoms with Crippen LogP contribution in [-0.2, 0) is 24.1 Å². The first-order valence-corrected chi connectivity index (χ1v) is 14.0. The summed E-state index contributed by atoms with van der Waals surface area (Å²) in [5.74, 6) is 0.726. The van der Waals surface area contributed by atoms with Crippen LogP contribution in [0, 0.1) is 5.92 Å². The van der Waals surface area contributed by atoms with Crippen molar-refractivity contribution < 1.29 is 4.79 Å². The molecule has 0 radical (unpaired) electrons. The molecule has 5 nitrogen and oxygen atoms in total. The van der Waals surface area contributed by atoms with Crippen LogP contribution in [0.2, 0.25) is 0 Å². The van der Waals surface area contributed by atoms with Crippen molar-refractivity contribution in [2.75, 3.05) is 11.1 Å². The highest BCUT2D eigenvalue weighted by atomic mass is 32.2. The number of fused-ring (bicyclic) bond motifs is 3. The minimum Gasteiger partial charge on any atom is -0.325 e. The average molecular weight is 504 g/mol. The molecular formula is C28H29N3O2S2. The largest absolute Gasteiger partial charge is 0.325 e. The summed E-state index contributed by atoms with van der Waals surface area (Å²) in [6.07, 6.45) is 5.20. The standard InChI is InChI=1S/C28H29N3O2S2/c1-3-18-10-13-20(14-11-18)29-24(32)17-34-28-30-26-25(22-15-12-19(4-2)16-23(22)35-26)27(33)31(28)21-8-6-5-7-9-21/h5-11,13-14,19H,3-4,12,15-17H2,1-2H3,(H,29,32)/t19-/m0/s1. The number of aromatic nitrogens is 2. The second-order valence-electron chi connectivity index (χ2n) is 8.96. The quantitative estimate of drug-likeness (QED) is 0.239. The number of benzene rings is 2. The summed E-state index contributed by atoms with van der Waals surface area (Å²) in [7, 11) is 0. The number of carbonyl (C=O) groups excluding carboxylic acids is 1. The molecule has 0 bridgehead atoms. The van der Waals surface area contributed by atoms with Gasteiger partial charge in [-0.2, -0.15) is 0 Å². The van der Waals surface area contributed by atoms with E-state index < -0.39 is 0 Å². The fraction of sp³-hybridized carbons (Fsp3) is 0.321. The fourth-order valence-electron chi connectivity index (χ4n) is 4.68. The Hall–Kier alpha value is -2.90. The van der Waals surface area contributed by atoms with Gasteiger partial charge in [0, 0.05) is 10.6 Å². The van der Waals surface area contributed by atoms with Crippen LogP contribution in [0.25, 0.3) is 15.9 Å². The van der Waals surface area contributed by atoms with Gasteiger partial charge in [-0.05, 0) is 67.0 Å². The number of nitrogens with zero attached hydrogens (tertiary/aromatic N) is 2. The van der Waals surface area contributed by atoms with Crippen LogP contribution in [0.1, 0.15) is 42.7 Å². The Kier molecular flexibility index (Phi) is 7.07. The highest BCUT2D eigenvalue weighted by Crippen LogP contribution is 2.38. The lowest BCUT2D eigenvalue weighted by Crippen LogP contribution is -2.23. The van der Waals surface area contributed by atoms with Crippen molar-refractivity contribution in [3.05, 3.63) is 81.0 Å². The van der Waals surface area contributed by atoms with Crippen LogP contribution < -0.4 is 10.9 Å². The molecule has 0 unspecified atom stereocenters. The summed E-state index contributed by atoms with van der Waals surface area (Å²) in [5, 5.41) is 4.26. The molecule has 0 saturated heterocycles. The molecule has 2 aromatic carbocycles. The van der Waals surface area contributed by atoms with Crippen molar-refractivity contribution >= 4 is 44.9 Å². The van der Waals surface area contributed by atoms with Crippen LogP contribution in [0.15, 0.2) is 64.5 Å². The van der Waals surface area contributed by atoms with Crippen LogP contribution in [0.3, 0.4) is 0 Å². The average Bonchev–Trinajstić information content (AvgIpc) is 3.26. The number of rotatable bonds is 7. The number of hydrogen-bond donors (Lipinski definition) is 1. The molecule has 35 heavy (non-hydrogen) atoms. The Morgan fingerprint density at radius 2 is 1.91 bits per heavy atom. The van der Waals surface area contributed by atoms with E-state index in [0.717, 1.165) is 53.7 Å². The number of nitrogens with one attached hydrogen (secondary N) is 1. The Balaban J connectivity index is 1.47. The maximum Gasteiger partial charge on any atom is 0.267 e. The number of hydrogen-bond acceptors (Lipinski definition) is 5. The summed E-state index contributed by atoms with van der Waals surface area (Å²) in [5.41, 5.74) is 3.92. The molecular weight excluding hydrogens is 474 g/mol. The molecule has 1 N–H and O–H groups in total. The van der Waals surface area contributed by atoms with E-state index in [4.69, 9.17) is 4.98 Å². The Bertz CT molecular complexity index is 1410. The van der Waals surface area contributed by atoms with E-state index in [1.54, 1.807) is 15.9 Å². The van der Waals surface area contributed by atoms with Gasteiger partial charge < -0.3 is 5.32 Å². The molecule has 5 rings (SSSR count). The molecule has 0 aliphatic heterocycles. The van der Waals surface area contributed by atoms with E-state index in [2.05, 4.69) is 19.2 Å². The number of para-hydroxylation sites is 1. The molecule has 0 spiro atoms. The second-order valence-corrected chi connectivity index (χ2v) is 11.0. The van der Waals surface area contributed by atoms with Gasteiger partial charge in [0.15, 0.2) is 5.16 Å². The van der Waals surface area contributed by atoms with Crippen LogP contribution >= 0.6 is 23.1 Å². The number of anilines is 1. The lowest BCUT2D eigenvalue weighted by atomic mass is 9.86. The van der Waals surface area contributed by atoms with Crippen molar-refractivity contribution in [1.82, 2.24) is 9.55 Å². The fourth-order valence-corrected chi connectivity index (χ4v) is 6.86. The lowest BCUT2D eigenvalue weighted by molar-refractivity contribution is -0.113. The lowest BCUT2D eigenvalue weighted by Gasteiger charge is -2.20. The number of aryl methyl sites for hydroxylation is 2. The first-order chi connectivity index (χ1) is 17.1. The molecule has 1 atom stereocenters. The molecule has 2 aromatic heterocycles. The van der Waals surface area contributed by atoms with E-state index in [1.807, 2.05) is 54.6 Å². The predicted octanol–water partition coefficient (Wildman–Crippen LogP) is 6.26. The molecule has 4 aromatic rings. The monoisotopic (exact) mass is 503 g/mol. The smallest absolute Gasteiger partial charge is 0.267 e. The molecule has 1 aliphatic carbocycles. The first kappa shape index (κ1) is 23.8. The van der Waals surface area contributed by atoms with Crippen molar-refractivity contribution in [2.24, 2.45) is 5.92 Å². The van der Waals surface area contributed by atoms with Gasteiger partial charge in [-0.1, -0.05) is 62.4 Å². The Labute approximate surface area is 213 Å². The third-order valence-electron chi connectivity index (χ3n) is 6.72. The third kappa shape index (κ3) is 4.93. The zero-order valence-electron chi connectivity index (χ0n) is 20.0. The predicted molar refractivity (Wildman–Crippen MR) is 146 cm³/mol. The highest BCUT2D eigenvalue weighted by molar-refractivity contribution is 7.99. The van der Waals surface area contributed by atoms with Gasteiger partial charge in [-0.3, -0.25) is 14.2 Å². The van der Waals surface area contributed by atoms with Gasteiger partial charge >= 0.3 is 0 Å². The van der Waals surface area contributed by atoms with E-state index in [0.29, 0.717) is 11.1 Å².